The van der Waals surface area contributed by atoms with E-state index in [1.165, 1.54) is 11.8 Å². The van der Waals surface area contributed by atoms with Gasteiger partial charge in [-0.2, -0.15) is 0 Å². The Morgan fingerprint density at radius 3 is 2.58 bits per heavy atom. The molecule has 0 amide bonds. The molecule has 0 spiro atoms. The largest absolute Gasteiger partial charge is 0.492 e. The predicted molar refractivity (Wildman–Crippen MR) is 82.7 cm³/mol. The van der Waals surface area contributed by atoms with Gasteiger partial charge in [-0.15, -0.1) is 0 Å². The summed E-state index contributed by atoms with van der Waals surface area (Å²) >= 11 is 1.31. The van der Waals surface area contributed by atoms with E-state index in [4.69, 9.17) is 4.74 Å². The van der Waals surface area contributed by atoms with Gasteiger partial charge in [-0.1, -0.05) is 36.0 Å². The molecular weight excluding hydrogens is 258 g/mol. The second kappa shape index (κ2) is 8.77. The highest BCUT2D eigenvalue weighted by atomic mass is 32.2. The number of hydrogen-bond acceptors (Lipinski definition) is 4. The standard InChI is InChI=1S/C15H21NO2S/c1-13(17)19-12-4-5-14-6-8-15(9-7-14)18-11-10-16(2)3/h4-9H,10-12H2,1-3H3. The van der Waals surface area contributed by atoms with Crippen molar-refractivity contribution in [3.05, 3.63) is 35.9 Å². The fraction of sp³-hybridized carbons (Fsp3) is 0.400. The number of thioether (sulfide) groups is 1. The van der Waals surface area contributed by atoms with Crippen molar-refractivity contribution in [3.8, 4) is 5.75 Å². The summed E-state index contributed by atoms with van der Waals surface area (Å²) in [4.78, 5) is 12.8. The Labute approximate surface area is 119 Å². The summed E-state index contributed by atoms with van der Waals surface area (Å²) in [5.74, 6) is 1.60. The Kier molecular flexibility index (Phi) is 7.30. The third-order valence-corrected chi connectivity index (χ3v) is 3.15. The molecule has 0 aromatic heterocycles. The van der Waals surface area contributed by atoms with Crippen LogP contribution < -0.4 is 4.74 Å². The molecule has 0 bridgehead atoms. The van der Waals surface area contributed by atoms with Crippen LogP contribution in [0.4, 0.5) is 0 Å². The van der Waals surface area contributed by atoms with E-state index >= 15 is 0 Å². The van der Waals surface area contributed by atoms with Crippen molar-refractivity contribution in [2.24, 2.45) is 0 Å². The first-order chi connectivity index (χ1) is 9.08. The minimum absolute atomic E-state index is 0.147. The zero-order valence-electron chi connectivity index (χ0n) is 11.8. The minimum Gasteiger partial charge on any atom is -0.492 e. The Hall–Kier alpha value is -1.26. The van der Waals surface area contributed by atoms with Gasteiger partial charge in [-0.05, 0) is 31.8 Å². The molecule has 1 aromatic carbocycles. The maximum Gasteiger partial charge on any atom is 0.186 e. The number of hydrogen-bond donors (Lipinski definition) is 0. The molecule has 0 fully saturated rings. The van der Waals surface area contributed by atoms with Crippen LogP contribution in [-0.4, -0.2) is 43.0 Å². The van der Waals surface area contributed by atoms with Gasteiger partial charge in [0.15, 0.2) is 5.12 Å². The molecule has 0 unspecified atom stereocenters. The smallest absolute Gasteiger partial charge is 0.186 e. The Morgan fingerprint density at radius 2 is 2.00 bits per heavy atom. The highest BCUT2D eigenvalue weighted by Gasteiger charge is 1.95. The van der Waals surface area contributed by atoms with Crippen molar-refractivity contribution in [1.82, 2.24) is 4.90 Å². The fourth-order valence-electron chi connectivity index (χ4n) is 1.37. The lowest BCUT2D eigenvalue weighted by Crippen LogP contribution is -2.19. The average Bonchev–Trinajstić information content (AvgIpc) is 2.36. The second-order valence-corrected chi connectivity index (χ2v) is 5.62. The summed E-state index contributed by atoms with van der Waals surface area (Å²) in [5, 5.41) is 0.147. The first-order valence-corrected chi connectivity index (χ1v) is 7.24. The van der Waals surface area contributed by atoms with Crippen molar-refractivity contribution < 1.29 is 9.53 Å². The van der Waals surface area contributed by atoms with Crippen LogP contribution in [0.2, 0.25) is 0 Å². The van der Waals surface area contributed by atoms with E-state index in [9.17, 15) is 4.79 Å². The quantitative estimate of drug-likeness (QED) is 0.767. The Morgan fingerprint density at radius 1 is 1.32 bits per heavy atom. The first-order valence-electron chi connectivity index (χ1n) is 6.25. The Balaban J connectivity index is 2.36. The van der Waals surface area contributed by atoms with Crippen LogP contribution >= 0.6 is 11.8 Å². The van der Waals surface area contributed by atoms with E-state index in [1.54, 1.807) is 6.92 Å². The van der Waals surface area contributed by atoms with Gasteiger partial charge >= 0.3 is 0 Å². The highest BCUT2D eigenvalue weighted by molar-refractivity contribution is 8.13. The van der Waals surface area contributed by atoms with E-state index < -0.39 is 0 Å². The van der Waals surface area contributed by atoms with Gasteiger partial charge in [0, 0.05) is 19.2 Å². The molecule has 0 N–H and O–H groups in total. The highest BCUT2D eigenvalue weighted by Crippen LogP contribution is 2.13. The van der Waals surface area contributed by atoms with Gasteiger partial charge in [-0.25, -0.2) is 0 Å². The van der Waals surface area contributed by atoms with Crippen LogP contribution in [0.25, 0.3) is 6.08 Å². The topological polar surface area (TPSA) is 29.5 Å². The van der Waals surface area contributed by atoms with E-state index in [0.29, 0.717) is 6.61 Å². The molecule has 104 valence electrons. The number of benzene rings is 1. The van der Waals surface area contributed by atoms with E-state index in [2.05, 4.69) is 4.90 Å². The average molecular weight is 279 g/mol. The summed E-state index contributed by atoms with van der Waals surface area (Å²) in [7, 11) is 4.05. The van der Waals surface area contributed by atoms with Crippen molar-refractivity contribution >= 4 is 23.0 Å². The second-order valence-electron chi connectivity index (χ2n) is 4.43. The number of carbonyl (C=O) groups is 1. The van der Waals surface area contributed by atoms with Crippen LogP contribution in [0.5, 0.6) is 5.75 Å². The van der Waals surface area contributed by atoms with Gasteiger partial charge in [-0.3, -0.25) is 4.79 Å². The van der Waals surface area contributed by atoms with Gasteiger partial charge in [0.05, 0.1) is 0 Å². The molecule has 0 atom stereocenters. The molecule has 0 saturated carbocycles. The third kappa shape index (κ3) is 7.70. The van der Waals surface area contributed by atoms with Crippen molar-refractivity contribution in [1.29, 1.82) is 0 Å². The summed E-state index contributed by atoms with van der Waals surface area (Å²) in [6, 6.07) is 7.96. The molecule has 0 heterocycles. The SMILES string of the molecule is CC(=O)SCC=Cc1ccc(OCCN(C)C)cc1. The maximum atomic E-state index is 10.8. The van der Waals surface area contributed by atoms with Crippen LogP contribution in [0.15, 0.2) is 30.3 Å². The van der Waals surface area contributed by atoms with E-state index in [-0.39, 0.29) is 5.12 Å². The Bertz CT molecular complexity index is 413. The minimum atomic E-state index is 0.147. The lowest BCUT2D eigenvalue weighted by molar-refractivity contribution is -0.109. The van der Waals surface area contributed by atoms with Crippen LogP contribution in [-0.2, 0) is 4.79 Å². The number of nitrogens with zero attached hydrogens (tertiary/aromatic N) is 1. The van der Waals surface area contributed by atoms with Crippen LogP contribution in [0.1, 0.15) is 12.5 Å². The summed E-state index contributed by atoms with van der Waals surface area (Å²) in [6.45, 7) is 3.18. The number of rotatable bonds is 7. The normalized spacial score (nSPS) is 11.2. The van der Waals surface area contributed by atoms with Crippen molar-refractivity contribution in [2.75, 3.05) is 33.0 Å². The summed E-state index contributed by atoms with van der Waals surface area (Å²) in [6.07, 6.45) is 4.01. The molecule has 4 heteroatoms. The molecule has 0 aliphatic heterocycles. The molecule has 0 radical (unpaired) electrons. The van der Waals surface area contributed by atoms with Crippen molar-refractivity contribution in [2.45, 2.75) is 6.92 Å². The number of carbonyl (C=O) groups excluding carboxylic acids is 1. The van der Waals surface area contributed by atoms with Crippen molar-refractivity contribution in [3.63, 3.8) is 0 Å². The van der Waals surface area contributed by atoms with Crippen LogP contribution in [0.3, 0.4) is 0 Å². The number of ether oxygens (including phenoxy) is 1. The van der Waals surface area contributed by atoms with Gasteiger partial charge in [0.1, 0.15) is 12.4 Å². The van der Waals surface area contributed by atoms with Gasteiger partial charge in [0.2, 0.25) is 0 Å². The molecule has 1 aromatic rings. The zero-order chi connectivity index (χ0) is 14.1. The molecule has 3 nitrogen and oxygen atoms in total. The monoisotopic (exact) mass is 279 g/mol. The lowest BCUT2D eigenvalue weighted by Gasteiger charge is -2.10. The zero-order valence-corrected chi connectivity index (χ0v) is 12.6. The van der Waals surface area contributed by atoms with Gasteiger partial charge < -0.3 is 9.64 Å². The van der Waals surface area contributed by atoms with Gasteiger partial charge in [0.25, 0.3) is 0 Å². The number of likely N-dealkylation sites (N-methyl/N-ethyl adjacent to an activating group) is 1. The van der Waals surface area contributed by atoms with Crippen LogP contribution in [0, 0.1) is 0 Å². The maximum absolute atomic E-state index is 10.8. The molecule has 0 aliphatic rings. The predicted octanol–water partition coefficient (Wildman–Crippen LogP) is 2.92. The molecule has 0 saturated heterocycles. The fourth-order valence-corrected chi connectivity index (χ4v) is 1.80. The van der Waals surface area contributed by atoms with E-state index in [0.717, 1.165) is 23.6 Å². The first kappa shape index (κ1) is 15.8. The lowest BCUT2D eigenvalue weighted by atomic mass is 10.2. The van der Waals surface area contributed by atoms with E-state index in [1.807, 2.05) is 50.5 Å². The summed E-state index contributed by atoms with van der Waals surface area (Å²) < 4.78 is 5.61. The third-order valence-electron chi connectivity index (χ3n) is 2.38. The molecular formula is C15H21NO2S. The molecule has 0 aliphatic carbocycles. The molecule has 1 rings (SSSR count). The summed E-state index contributed by atoms with van der Waals surface area (Å²) in [5.41, 5.74) is 1.11. The molecule has 19 heavy (non-hydrogen) atoms.